The molecule has 0 saturated carbocycles. The summed E-state index contributed by atoms with van der Waals surface area (Å²) in [4.78, 5) is 13.0. The Balaban J connectivity index is 2.61. The molecule has 1 amide bonds. The van der Waals surface area contributed by atoms with Gasteiger partial charge in [0.15, 0.2) is 0 Å². The van der Waals surface area contributed by atoms with Crippen molar-refractivity contribution in [1.82, 2.24) is 4.90 Å². The lowest BCUT2D eigenvalue weighted by atomic mass is 10.1. The van der Waals surface area contributed by atoms with Crippen LogP contribution in [-0.4, -0.2) is 38.1 Å². The molecule has 0 atom stereocenters. The molecule has 0 heterocycles. The summed E-state index contributed by atoms with van der Waals surface area (Å²) >= 11 is 6.09. The highest BCUT2D eigenvalue weighted by molar-refractivity contribution is 6.31. The lowest BCUT2D eigenvalue weighted by Crippen LogP contribution is -2.23. The third-order valence-corrected chi connectivity index (χ3v) is 2.90. The molecule has 4 nitrogen and oxygen atoms in total. The summed E-state index contributed by atoms with van der Waals surface area (Å²) in [5.74, 6) is 0.747. The number of halogens is 1. The van der Waals surface area contributed by atoms with Crippen molar-refractivity contribution in [1.29, 1.82) is 0 Å². The normalized spacial score (nSPS) is 10.2. The zero-order valence-electron chi connectivity index (χ0n) is 10.8. The maximum atomic E-state index is 11.4. The van der Waals surface area contributed by atoms with Crippen LogP contribution in [0, 0.1) is 0 Å². The number of benzene rings is 1. The number of hydrogen-bond donors (Lipinski definition) is 1. The maximum Gasteiger partial charge on any atom is 0.225 e. The average molecular weight is 271 g/mol. The number of hydrogen-bond acceptors (Lipinski definition) is 3. The molecule has 0 saturated heterocycles. The Kier molecular flexibility index (Phi) is 5.95. The van der Waals surface area contributed by atoms with E-state index in [1.807, 2.05) is 18.2 Å². The molecule has 0 unspecified atom stereocenters. The molecule has 1 aromatic rings. The first-order valence-electron chi connectivity index (χ1n) is 5.86. The van der Waals surface area contributed by atoms with Gasteiger partial charge in [0, 0.05) is 24.7 Å². The Hall–Kier alpha value is -1.26. The molecule has 5 heteroatoms. The van der Waals surface area contributed by atoms with E-state index in [9.17, 15) is 4.79 Å². The third-order valence-electron chi connectivity index (χ3n) is 2.54. The van der Waals surface area contributed by atoms with Crippen molar-refractivity contribution in [2.75, 3.05) is 27.2 Å². The average Bonchev–Trinajstić information content (AvgIpc) is 2.33. The lowest BCUT2D eigenvalue weighted by molar-refractivity contribution is -0.129. The molecule has 0 aliphatic heterocycles. The molecule has 0 radical (unpaired) electrons. The number of carbonyl (C=O) groups is 1. The number of rotatable bonds is 6. The van der Waals surface area contributed by atoms with Crippen LogP contribution in [0.15, 0.2) is 18.2 Å². The molecule has 0 spiro atoms. The molecule has 0 aliphatic carbocycles. The second-order valence-electron chi connectivity index (χ2n) is 4.14. The van der Waals surface area contributed by atoms with E-state index in [0.717, 1.165) is 5.56 Å². The standard InChI is InChI=1S/C13H19ClN2O2/c1-16(2)13(17)7-9-18-12-5-3-4-11(14)10(12)6-8-15/h3-5H,6-9,15H2,1-2H3. The number of nitrogens with two attached hydrogens (primary N) is 1. The van der Waals surface area contributed by atoms with Crippen LogP contribution in [-0.2, 0) is 11.2 Å². The van der Waals surface area contributed by atoms with Crippen LogP contribution in [0.3, 0.4) is 0 Å². The number of ether oxygens (including phenoxy) is 1. The molecule has 0 aromatic heterocycles. The molecule has 0 fully saturated rings. The van der Waals surface area contributed by atoms with Crippen LogP contribution < -0.4 is 10.5 Å². The number of nitrogens with zero attached hydrogens (tertiary/aromatic N) is 1. The summed E-state index contributed by atoms with van der Waals surface area (Å²) in [5.41, 5.74) is 6.44. The van der Waals surface area contributed by atoms with E-state index >= 15 is 0 Å². The van der Waals surface area contributed by atoms with Gasteiger partial charge in [0.1, 0.15) is 5.75 Å². The second kappa shape index (κ2) is 7.24. The van der Waals surface area contributed by atoms with Gasteiger partial charge < -0.3 is 15.4 Å². The minimum Gasteiger partial charge on any atom is -0.493 e. The highest BCUT2D eigenvalue weighted by atomic mass is 35.5. The summed E-state index contributed by atoms with van der Waals surface area (Å²) in [7, 11) is 3.45. The Morgan fingerprint density at radius 1 is 1.44 bits per heavy atom. The largest absolute Gasteiger partial charge is 0.493 e. The Labute approximate surface area is 113 Å². The van der Waals surface area contributed by atoms with Crippen LogP contribution in [0.1, 0.15) is 12.0 Å². The molecule has 100 valence electrons. The summed E-state index contributed by atoms with van der Waals surface area (Å²) in [6.45, 7) is 0.853. The fourth-order valence-corrected chi connectivity index (χ4v) is 1.79. The first-order chi connectivity index (χ1) is 8.56. The van der Waals surface area contributed by atoms with Crippen LogP contribution in [0.25, 0.3) is 0 Å². The lowest BCUT2D eigenvalue weighted by Gasteiger charge is -2.14. The van der Waals surface area contributed by atoms with E-state index in [4.69, 9.17) is 22.1 Å². The SMILES string of the molecule is CN(C)C(=O)CCOc1cccc(Cl)c1CCN. The monoisotopic (exact) mass is 270 g/mol. The van der Waals surface area contributed by atoms with Crippen LogP contribution in [0.2, 0.25) is 5.02 Å². The zero-order valence-corrected chi connectivity index (χ0v) is 11.5. The predicted molar refractivity (Wildman–Crippen MR) is 73.0 cm³/mol. The fourth-order valence-electron chi connectivity index (χ4n) is 1.53. The Morgan fingerprint density at radius 3 is 2.78 bits per heavy atom. The molecular weight excluding hydrogens is 252 g/mol. The summed E-state index contributed by atoms with van der Waals surface area (Å²) in [6, 6.07) is 5.48. The molecule has 1 rings (SSSR count). The first-order valence-corrected chi connectivity index (χ1v) is 6.24. The first kappa shape index (κ1) is 14.8. The Morgan fingerprint density at radius 2 is 2.17 bits per heavy atom. The van der Waals surface area contributed by atoms with Gasteiger partial charge in [0.25, 0.3) is 0 Å². The van der Waals surface area contributed by atoms with Crippen LogP contribution >= 0.6 is 11.6 Å². The highest BCUT2D eigenvalue weighted by Gasteiger charge is 2.09. The van der Waals surface area contributed by atoms with Gasteiger partial charge in [0.05, 0.1) is 13.0 Å². The maximum absolute atomic E-state index is 11.4. The minimum absolute atomic E-state index is 0.0393. The molecule has 18 heavy (non-hydrogen) atoms. The molecular formula is C13H19ClN2O2. The summed E-state index contributed by atoms with van der Waals surface area (Å²) in [5, 5.41) is 0.650. The number of carbonyl (C=O) groups excluding carboxylic acids is 1. The van der Waals surface area contributed by atoms with Gasteiger partial charge in [-0.15, -0.1) is 0 Å². The quantitative estimate of drug-likeness (QED) is 0.856. The van der Waals surface area contributed by atoms with E-state index in [1.54, 1.807) is 19.0 Å². The van der Waals surface area contributed by atoms with Crippen molar-refractivity contribution < 1.29 is 9.53 Å². The van der Waals surface area contributed by atoms with E-state index in [2.05, 4.69) is 0 Å². The number of amides is 1. The highest BCUT2D eigenvalue weighted by Crippen LogP contribution is 2.26. The second-order valence-corrected chi connectivity index (χ2v) is 4.55. The van der Waals surface area contributed by atoms with Gasteiger partial charge in [-0.25, -0.2) is 0 Å². The third kappa shape index (κ3) is 4.20. The van der Waals surface area contributed by atoms with Crippen molar-refractivity contribution >= 4 is 17.5 Å². The minimum atomic E-state index is 0.0393. The van der Waals surface area contributed by atoms with E-state index < -0.39 is 0 Å². The smallest absolute Gasteiger partial charge is 0.225 e. The topological polar surface area (TPSA) is 55.6 Å². The van der Waals surface area contributed by atoms with Crippen molar-refractivity contribution in [3.8, 4) is 5.75 Å². The van der Waals surface area contributed by atoms with Gasteiger partial charge in [0.2, 0.25) is 5.91 Å². The van der Waals surface area contributed by atoms with Crippen molar-refractivity contribution in [3.63, 3.8) is 0 Å². The van der Waals surface area contributed by atoms with Crippen LogP contribution in [0.5, 0.6) is 5.75 Å². The van der Waals surface area contributed by atoms with Gasteiger partial charge in [-0.3, -0.25) is 4.79 Å². The van der Waals surface area contributed by atoms with Crippen LogP contribution in [0.4, 0.5) is 0 Å². The van der Waals surface area contributed by atoms with Crippen molar-refractivity contribution in [2.45, 2.75) is 12.8 Å². The molecule has 0 bridgehead atoms. The summed E-state index contributed by atoms with van der Waals surface area (Å²) in [6.07, 6.45) is 1.01. The van der Waals surface area contributed by atoms with Gasteiger partial charge >= 0.3 is 0 Å². The van der Waals surface area contributed by atoms with Crippen molar-refractivity contribution in [2.24, 2.45) is 5.73 Å². The van der Waals surface area contributed by atoms with E-state index in [-0.39, 0.29) is 5.91 Å². The van der Waals surface area contributed by atoms with E-state index in [1.165, 1.54) is 0 Å². The Bertz CT molecular complexity index is 408. The molecule has 2 N–H and O–H groups in total. The molecule has 1 aromatic carbocycles. The summed E-state index contributed by atoms with van der Waals surface area (Å²) < 4.78 is 5.60. The van der Waals surface area contributed by atoms with Gasteiger partial charge in [-0.1, -0.05) is 17.7 Å². The van der Waals surface area contributed by atoms with Gasteiger partial charge in [-0.2, -0.15) is 0 Å². The zero-order chi connectivity index (χ0) is 13.5. The van der Waals surface area contributed by atoms with E-state index in [0.29, 0.717) is 36.8 Å². The van der Waals surface area contributed by atoms with Gasteiger partial charge in [-0.05, 0) is 25.1 Å². The van der Waals surface area contributed by atoms with Crippen molar-refractivity contribution in [3.05, 3.63) is 28.8 Å². The molecule has 0 aliphatic rings. The predicted octanol–water partition coefficient (Wildman–Crippen LogP) is 1.70. The fraction of sp³-hybridized carbons (Fsp3) is 0.462.